The third-order valence-corrected chi connectivity index (χ3v) is 1.94. The summed E-state index contributed by atoms with van der Waals surface area (Å²) in [7, 11) is 0. The zero-order valence-corrected chi connectivity index (χ0v) is 7.49. The molecule has 0 aliphatic heterocycles. The maximum Gasteiger partial charge on any atom is 0.325 e. The molecule has 4 heteroatoms. The van der Waals surface area contributed by atoms with Crippen molar-refractivity contribution in [2.45, 2.75) is 0 Å². The van der Waals surface area contributed by atoms with Gasteiger partial charge in [-0.05, 0) is 12.1 Å². The number of rotatable bonds is 2. The molecule has 0 unspecified atom stereocenters. The minimum absolute atomic E-state index is 0.112. The highest BCUT2D eigenvalue weighted by Crippen LogP contribution is 2.24. The summed E-state index contributed by atoms with van der Waals surface area (Å²) in [6.07, 6.45) is 1.65. The maximum atomic E-state index is 11.0. The molecule has 0 fully saturated rings. The summed E-state index contributed by atoms with van der Waals surface area (Å²) in [5, 5.41) is 0.884. The number of aromatic amines is 1. The van der Waals surface area contributed by atoms with E-state index in [1.807, 2.05) is 24.3 Å². The van der Waals surface area contributed by atoms with Crippen LogP contribution in [0.4, 0.5) is 0 Å². The fraction of sp³-hybridized carbons (Fsp3) is 0.100. The number of esters is 1. The van der Waals surface area contributed by atoms with Gasteiger partial charge in [0.05, 0.1) is 6.54 Å². The molecule has 0 atom stereocenters. The zero-order chi connectivity index (χ0) is 9.97. The smallest absolute Gasteiger partial charge is 0.325 e. The van der Waals surface area contributed by atoms with Crippen LogP contribution in [0.5, 0.6) is 5.75 Å². The Morgan fingerprint density at radius 2 is 2.21 bits per heavy atom. The number of fused-ring (bicyclic) bond motifs is 1. The average molecular weight is 190 g/mol. The minimum Gasteiger partial charge on any atom is -0.423 e. The lowest BCUT2D eigenvalue weighted by Crippen LogP contribution is -2.19. The summed E-state index contributed by atoms with van der Waals surface area (Å²) in [6, 6.07) is 7.59. The first-order valence-corrected chi connectivity index (χ1v) is 4.28. The van der Waals surface area contributed by atoms with Crippen molar-refractivity contribution in [1.82, 2.24) is 4.98 Å². The normalized spacial score (nSPS) is 10.4. The molecule has 0 amide bonds. The first kappa shape index (κ1) is 8.77. The van der Waals surface area contributed by atoms with Gasteiger partial charge in [-0.25, -0.2) is 0 Å². The topological polar surface area (TPSA) is 68.1 Å². The molecule has 2 aromatic rings. The summed E-state index contributed by atoms with van der Waals surface area (Å²) in [6.45, 7) is -0.112. The molecular formula is C10H10N2O2. The first-order chi connectivity index (χ1) is 6.81. The Labute approximate surface area is 80.7 Å². The van der Waals surface area contributed by atoms with Gasteiger partial charge in [0.1, 0.15) is 0 Å². The molecule has 0 aliphatic carbocycles. The summed E-state index contributed by atoms with van der Waals surface area (Å²) in [4.78, 5) is 14.0. The minimum atomic E-state index is -0.435. The highest BCUT2D eigenvalue weighted by molar-refractivity contribution is 5.88. The van der Waals surface area contributed by atoms with Crippen LogP contribution in [-0.2, 0) is 4.79 Å². The number of carbonyl (C=O) groups is 1. The maximum absolute atomic E-state index is 11.0. The fourth-order valence-electron chi connectivity index (χ4n) is 1.29. The van der Waals surface area contributed by atoms with Crippen molar-refractivity contribution in [2.75, 3.05) is 6.54 Å². The molecule has 0 bridgehead atoms. The van der Waals surface area contributed by atoms with Crippen LogP contribution in [0.3, 0.4) is 0 Å². The van der Waals surface area contributed by atoms with Gasteiger partial charge in [0.2, 0.25) is 0 Å². The van der Waals surface area contributed by atoms with Gasteiger partial charge in [-0.3, -0.25) is 4.79 Å². The lowest BCUT2D eigenvalue weighted by molar-refractivity contribution is -0.132. The van der Waals surface area contributed by atoms with E-state index < -0.39 is 5.97 Å². The van der Waals surface area contributed by atoms with E-state index in [1.165, 1.54) is 0 Å². The molecule has 2 rings (SSSR count). The lowest BCUT2D eigenvalue weighted by Gasteiger charge is -1.99. The quantitative estimate of drug-likeness (QED) is 0.695. The Hall–Kier alpha value is -1.81. The highest BCUT2D eigenvalue weighted by atomic mass is 16.5. The number of carbonyl (C=O) groups excluding carboxylic acids is 1. The number of nitrogens with one attached hydrogen (secondary N) is 1. The number of nitrogens with two attached hydrogens (primary N) is 1. The second-order valence-electron chi connectivity index (χ2n) is 2.88. The number of aromatic nitrogens is 1. The SMILES string of the molecule is NCC(=O)Oc1c[nH]c2ccccc12. The van der Waals surface area contributed by atoms with Crippen molar-refractivity contribution in [3.05, 3.63) is 30.5 Å². The lowest BCUT2D eigenvalue weighted by atomic mass is 10.2. The van der Waals surface area contributed by atoms with Gasteiger partial charge in [0.15, 0.2) is 5.75 Å². The summed E-state index contributed by atoms with van der Waals surface area (Å²) >= 11 is 0. The van der Waals surface area contributed by atoms with Crippen molar-refractivity contribution >= 4 is 16.9 Å². The van der Waals surface area contributed by atoms with Gasteiger partial charge in [0, 0.05) is 17.1 Å². The van der Waals surface area contributed by atoms with Crippen molar-refractivity contribution in [3.8, 4) is 5.75 Å². The molecule has 0 aliphatic rings. The van der Waals surface area contributed by atoms with Crippen LogP contribution in [0.25, 0.3) is 10.9 Å². The molecule has 0 saturated carbocycles. The molecule has 3 N–H and O–H groups in total. The predicted octanol–water partition coefficient (Wildman–Crippen LogP) is 1.03. The van der Waals surface area contributed by atoms with Crippen LogP contribution in [0.15, 0.2) is 30.5 Å². The second-order valence-corrected chi connectivity index (χ2v) is 2.88. The molecule has 1 aromatic heterocycles. The Kier molecular flexibility index (Phi) is 2.20. The van der Waals surface area contributed by atoms with Gasteiger partial charge in [-0.1, -0.05) is 12.1 Å². The second kappa shape index (κ2) is 3.51. The standard InChI is InChI=1S/C10H10N2O2/c11-5-10(13)14-9-6-12-8-4-2-1-3-7(8)9/h1-4,6,12H,5,11H2. The largest absolute Gasteiger partial charge is 0.423 e. The van der Waals surface area contributed by atoms with Crippen LogP contribution < -0.4 is 10.5 Å². The number of hydrogen-bond donors (Lipinski definition) is 2. The summed E-state index contributed by atoms with van der Waals surface area (Å²) < 4.78 is 5.02. The zero-order valence-electron chi connectivity index (χ0n) is 7.49. The van der Waals surface area contributed by atoms with Crippen LogP contribution in [-0.4, -0.2) is 17.5 Å². The van der Waals surface area contributed by atoms with Crippen LogP contribution in [0, 0.1) is 0 Å². The molecule has 1 aromatic carbocycles. The van der Waals surface area contributed by atoms with Gasteiger partial charge in [-0.2, -0.15) is 0 Å². The Bertz CT molecular complexity index is 462. The Morgan fingerprint density at radius 1 is 1.43 bits per heavy atom. The molecule has 1 heterocycles. The fourth-order valence-corrected chi connectivity index (χ4v) is 1.29. The monoisotopic (exact) mass is 190 g/mol. The van der Waals surface area contributed by atoms with Gasteiger partial charge < -0.3 is 15.5 Å². The van der Waals surface area contributed by atoms with E-state index in [0.29, 0.717) is 5.75 Å². The van der Waals surface area contributed by atoms with Crippen molar-refractivity contribution < 1.29 is 9.53 Å². The average Bonchev–Trinajstić information content (AvgIpc) is 2.62. The van der Waals surface area contributed by atoms with Crippen molar-refractivity contribution in [1.29, 1.82) is 0 Å². The third kappa shape index (κ3) is 1.47. The summed E-state index contributed by atoms with van der Waals surface area (Å²) in [5.41, 5.74) is 6.09. The van der Waals surface area contributed by atoms with Crippen LogP contribution >= 0.6 is 0 Å². The number of hydrogen-bond acceptors (Lipinski definition) is 3. The van der Waals surface area contributed by atoms with E-state index in [4.69, 9.17) is 10.5 Å². The highest BCUT2D eigenvalue weighted by Gasteiger charge is 2.07. The van der Waals surface area contributed by atoms with Crippen molar-refractivity contribution in [3.63, 3.8) is 0 Å². The molecule has 14 heavy (non-hydrogen) atoms. The number of benzene rings is 1. The van der Waals surface area contributed by atoms with Gasteiger partial charge in [0.25, 0.3) is 0 Å². The number of H-pyrrole nitrogens is 1. The third-order valence-electron chi connectivity index (χ3n) is 1.94. The molecule has 0 radical (unpaired) electrons. The van der Waals surface area contributed by atoms with Crippen molar-refractivity contribution in [2.24, 2.45) is 5.73 Å². The van der Waals surface area contributed by atoms with E-state index >= 15 is 0 Å². The molecule has 4 nitrogen and oxygen atoms in total. The molecular weight excluding hydrogens is 180 g/mol. The van der Waals surface area contributed by atoms with E-state index in [0.717, 1.165) is 10.9 Å². The van der Waals surface area contributed by atoms with Crippen LogP contribution in [0.1, 0.15) is 0 Å². The van der Waals surface area contributed by atoms with E-state index in [-0.39, 0.29) is 6.54 Å². The molecule has 0 saturated heterocycles. The number of para-hydroxylation sites is 1. The van der Waals surface area contributed by atoms with E-state index in [2.05, 4.69) is 4.98 Å². The van der Waals surface area contributed by atoms with Crippen LogP contribution in [0.2, 0.25) is 0 Å². The van der Waals surface area contributed by atoms with Gasteiger partial charge >= 0.3 is 5.97 Å². The Morgan fingerprint density at radius 3 is 3.00 bits per heavy atom. The van der Waals surface area contributed by atoms with E-state index in [1.54, 1.807) is 6.20 Å². The molecule has 72 valence electrons. The molecule has 0 spiro atoms. The number of ether oxygens (including phenoxy) is 1. The first-order valence-electron chi connectivity index (χ1n) is 4.28. The van der Waals surface area contributed by atoms with Gasteiger partial charge in [-0.15, -0.1) is 0 Å². The predicted molar refractivity (Wildman–Crippen MR) is 53.0 cm³/mol. The van der Waals surface area contributed by atoms with E-state index in [9.17, 15) is 4.79 Å². The summed E-state index contributed by atoms with van der Waals surface area (Å²) in [5.74, 6) is 0.0887. The Balaban J connectivity index is 2.38.